The van der Waals surface area contributed by atoms with Crippen molar-refractivity contribution in [2.45, 2.75) is 18.9 Å². The first-order valence-corrected chi connectivity index (χ1v) is 6.22. The van der Waals surface area contributed by atoms with E-state index in [9.17, 15) is 4.79 Å². The van der Waals surface area contributed by atoms with Gasteiger partial charge in [0.05, 0.1) is 24.7 Å². The van der Waals surface area contributed by atoms with E-state index in [0.717, 1.165) is 12.0 Å². The standard InChI is InChI=1S/C11H17NO4S/c1-2-8-3-4-17-9(8)10(16)12-11(5-13,6-14)7-15/h3-4,13-15H,2,5-7H2,1H3,(H,12,16). The molecule has 0 unspecified atom stereocenters. The molecule has 96 valence electrons. The number of hydrogen-bond acceptors (Lipinski definition) is 5. The SMILES string of the molecule is CCc1ccsc1C(=O)NC(CO)(CO)CO. The molecule has 0 aliphatic rings. The Balaban J connectivity index is 2.84. The van der Waals surface area contributed by atoms with Crippen molar-refractivity contribution in [2.75, 3.05) is 19.8 Å². The number of amides is 1. The Kier molecular flexibility index (Phi) is 5.07. The number of hydrogen-bond donors (Lipinski definition) is 4. The smallest absolute Gasteiger partial charge is 0.262 e. The Labute approximate surface area is 104 Å². The van der Waals surface area contributed by atoms with Gasteiger partial charge in [-0.15, -0.1) is 11.3 Å². The molecule has 0 bridgehead atoms. The van der Waals surface area contributed by atoms with Crippen LogP contribution in [0.25, 0.3) is 0 Å². The van der Waals surface area contributed by atoms with Crippen LogP contribution in [0, 0.1) is 0 Å². The molecule has 0 aromatic carbocycles. The monoisotopic (exact) mass is 259 g/mol. The molecule has 1 rings (SSSR count). The van der Waals surface area contributed by atoms with Crippen LogP contribution in [0.15, 0.2) is 11.4 Å². The number of thiophene rings is 1. The largest absolute Gasteiger partial charge is 0.394 e. The third-order valence-electron chi connectivity index (χ3n) is 2.62. The summed E-state index contributed by atoms with van der Waals surface area (Å²) in [5.74, 6) is -0.381. The summed E-state index contributed by atoms with van der Waals surface area (Å²) in [4.78, 5) is 12.5. The third kappa shape index (κ3) is 3.04. The summed E-state index contributed by atoms with van der Waals surface area (Å²) in [6.07, 6.45) is 0.733. The van der Waals surface area contributed by atoms with Gasteiger partial charge in [0.2, 0.25) is 0 Å². The maximum absolute atomic E-state index is 11.9. The minimum absolute atomic E-state index is 0.381. The van der Waals surface area contributed by atoms with E-state index < -0.39 is 25.4 Å². The molecule has 0 atom stereocenters. The van der Waals surface area contributed by atoms with Gasteiger partial charge in [0.15, 0.2) is 0 Å². The fourth-order valence-electron chi connectivity index (χ4n) is 1.38. The molecule has 0 saturated carbocycles. The van der Waals surface area contributed by atoms with Gasteiger partial charge in [-0.1, -0.05) is 6.92 Å². The second-order valence-electron chi connectivity index (χ2n) is 3.84. The molecule has 1 aromatic rings. The highest BCUT2D eigenvalue weighted by molar-refractivity contribution is 7.12. The summed E-state index contributed by atoms with van der Waals surface area (Å²) >= 11 is 1.30. The van der Waals surface area contributed by atoms with Gasteiger partial charge in [0.1, 0.15) is 5.54 Å². The molecule has 0 aliphatic heterocycles. The van der Waals surface area contributed by atoms with Crippen LogP contribution in [0.4, 0.5) is 0 Å². The Morgan fingerprint density at radius 3 is 2.41 bits per heavy atom. The van der Waals surface area contributed by atoms with Crippen LogP contribution in [0.1, 0.15) is 22.2 Å². The molecular weight excluding hydrogens is 242 g/mol. The molecule has 1 amide bonds. The zero-order chi connectivity index (χ0) is 12.9. The number of aryl methyl sites for hydroxylation is 1. The van der Waals surface area contributed by atoms with Crippen molar-refractivity contribution >= 4 is 17.2 Å². The average Bonchev–Trinajstić information content (AvgIpc) is 2.84. The summed E-state index contributed by atoms with van der Waals surface area (Å²) < 4.78 is 0. The van der Waals surface area contributed by atoms with Gasteiger partial charge in [-0.3, -0.25) is 4.79 Å². The first kappa shape index (κ1) is 14.1. The van der Waals surface area contributed by atoms with Gasteiger partial charge in [0.25, 0.3) is 5.91 Å². The Morgan fingerprint density at radius 2 is 1.94 bits per heavy atom. The second kappa shape index (κ2) is 6.11. The molecule has 1 aromatic heterocycles. The lowest BCUT2D eigenvalue weighted by molar-refractivity contribution is 0.0377. The number of rotatable bonds is 6. The predicted molar refractivity (Wildman–Crippen MR) is 65.2 cm³/mol. The lowest BCUT2D eigenvalue weighted by atomic mass is 10.0. The van der Waals surface area contributed by atoms with E-state index in [-0.39, 0.29) is 5.91 Å². The molecular formula is C11H17NO4S. The van der Waals surface area contributed by atoms with Gasteiger partial charge < -0.3 is 20.6 Å². The fraction of sp³-hybridized carbons (Fsp3) is 0.545. The number of carbonyl (C=O) groups excluding carboxylic acids is 1. The molecule has 6 heteroatoms. The van der Waals surface area contributed by atoms with Crippen LogP contribution >= 0.6 is 11.3 Å². The van der Waals surface area contributed by atoms with E-state index in [4.69, 9.17) is 15.3 Å². The quantitative estimate of drug-likeness (QED) is 0.567. The highest BCUT2D eigenvalue weighted by atomic mass is 32.1. The Morgan fingerprint density at radius 1 is 1.35 bits per heavy atom. The van der Waals surface area contributed by atoms with Crippen molar-refractivity contribution in [3.63, 3.8) is 0 Å². The minimum atomic E-state index is -1.37. The van der Waals surface area contributed by atoms with E-state index in [2.05, 4.69) is 5.32 Å². The predicted octanol–water partition coefficient (Wildman–Crippen LogP) is -0.244. The van der Waals surface area contributed by atoms with E-state index in [1.165, 1.54) is 11.3 Å². The van der Waals surface area contributed by atoms with Crippen LogP contribution < -0.4 is 5.32 Å². The summed E-state index contributed by atoms with van der Waals surface area (Å²) in [6, 6.07) is 1.86. The number of aliphatic hydroxyl groups excluding tert-OH is 3. The molecule has 4 N–H and O–H groups in total. The van der Waals surface area contributed by atoms with Crippen molar-refractivity contribution < 1.29 is 20.1 Å². The number of aliphatic hydroxyl groups is 3. The average molecular weight is 259 g/mol. The van der Waals surface area contributed by atoms with Gasteiger partial charge in [-0.05, 0) is 23.4 Å². The Bertz CT molecular complexity index is 365. The number of nitrogens with one attached hydrogen (secondary N) is 1. The maximum Gasteiger partial charge on any atom is 0.262 e. The van der Waals surface area contributed by atoms with E-state index >= 15 is 0 Å². The van der Waals surface area contributed by atoms with Crippen molar-refractivity contribution in [3.8, 4) is 0 Å². The van der Waals surface area contributed by atoms with Crippen LogP contribution in [0.5, 0.6) is 0 Å². The molecule has 17 heavy (non-hydrogen) atoms. The first-order valence-electron chi connectivity index (χ1n) is 5.34. The molecule has 5 nitrogen and oxygen atoms in total. The molecule has 0 spiro atoms. The van der Waals surface area contributed by atoms with Crippen LogP contribution in [0.2, 0.25) is 0 Å². The van der Waals surface area contributed by atoms with Gasteiger partial charge in [0, 0.05) is 0 Å². The summed E-state index contributed by atoms with van der Waals surface area (Å²) in [5.41, 5.74) is -0.457. The number of carbonyl (C=O) groups is 1. The van der Waals surface area contributed by atoms with Gasteiger partial charge in [-0.25, -0.2) is 0 Å². The topological polar surface area (TPSA) is 89.8 Å². The third-order valence-corrected chi connectivity index (χ3v) is 3.58. The lowest BCUT2D eigenvalue weighted by Gasteiger charge is -2.28. The highest BCUT2D eigenvalue weighted by Crippen LogP contribution is 2.18. The molecule has 0 radical (unpaired) electrons. The normalized spacial score (nSPS) is 11.5. The van der Waals surface area contributed by atoms with Crippen LogP contribution in [-0.4, -0.2) is 46.6 Å². The lowest BCUT2D eigenvalue weighted by Crippen LogP contribution is -2.57. The maximum atomic E-state index is 11.9. The van der Waals surface area contributed by atoms with E-state index in [0.29, 0.717) is 4.88 Å². The first-order chi connectivity index (χ1) is 8.12. The van der Waals surface area contributed by atoms with Crippen LogP contribution in [-0.2, 0) is 6.42 Å². The van der Waals surface area contributed by atoms with E-state index in [1.807, 2.05) is 18.4 Å². The second-order valence-corrected chi connectivity index (χ2v) is 4.75. The van der Waals surface area contributed by atoms with Gasteiger partial charge in [-0.2, -0.15) is 0 Å². The van der Waals surface area contributed by atoms with Crippen LogP contribution in [0.3, 0.4) is 0 Å². The fourth-order valence-corrected chi connectivity index (χ4v) is 2.27. The highest BCUT2D eigenvalue weighted by Gasteiger charge is 2.31. The summed E-state index contributed by atoms with van der Waals surface area (Å²) in [6.45, 7) is 0.395. The van der Waals surface area contributed by atoms with Gasteiger partial charge >= 0.3 is 0 Å². The van der Waals surface area contributed by atoms with Crippen molar-refractivity contribution in [1.82, 2.24) is 5.32 Å². The Hall–Kier alpha value is -0.950. The van der Waals surface area contributed by atoms with Crippen molar-refractivity contribution in [2.24, 2.45) is 0 Å². The summed E-state index contributed by atoms with van der Waals surface area (Å²) in [5, 5.41) is 31.6. The molecule has 0 fully saturated rings. The summed E-state index contributed by atoms with van der Waals surface area (Å²) in [7, 11) is 0. The molecule has 1 heterocycles. The zero-order valence-corrected chi connectivity index (χ0v) is 10.5. The zero-order valence-electron chi connectivity index (χ0n) is 9.64. The molecule has 0 saturated heterocycles. The van der Waals surface area contributed by atoms with E-state index in [1.54, 1.807) is 0 Å². The van der Waals surface area contributed by atoms with Crippen molar-refractivity contribution in [1.29, 1.82) is 0 Å². The molecule has 0 aliphatic carbocycles. The minimum Gasteiger partial charge on any atom is -0.394 e. The van der Waals surface area contributed by atoms with Crippen molar-refractivity contribution in [3.05, 3.63) is 21.9 Å².